The third-order valence-electron chi connectivity index (χ3n) is 2.93. The first-order valence-corrected chi connectivity index (χ1v) is 6.77. The van der Waals surface area contributed by atoms with Gasteiger partial charge in [0.15, 0.2) is 5.78 Å². The summed E-state index contributed by atoms with van der Waals surface area (Å²) < 4.78 is 0.927. The number of aldehydes is 1. The lowest BCUT2D eigenvalue weighted by Gasteiger charge is -2.10. The Bertz CT molecular complexity index is 561. The quantitative estimate of drug-likeness (QED) is 0.624. The summed E-state index contributed by atoms with van der Waals surface area (Å²) >= 11 is 3.33. The minimum atomic E-state index is -0.687. The molecule has 0 fully saturated rings. The summed E-state index contributed by atoms with van der Waals surface area (Å²) in [4.78, 5) is 23.4. The van der Waals surface area contributed by atoms with Crippen molar-refractivity contribution >= 4 is 28.0 Å². The first-order chi connectivity index (χ1) is 9.20. The molecule has 0 saturated heterocycles. The molecule has 0 aromatic heterocycles. The van der Waals surface area contributed by atoms with Gasteiger partial charge >= 0.3 is 0 Å². The van der Waals surface area contributed by atoms with Crippen molar-refractivity contribution in [2.24, 2.45) is 0 Å². The smallest absolute Gasteiger partial charge is 0.151 e. The van der Waals surface area contributed by atoms with E-state index in [4.69, 9.17) is 0 Å². The van der Waals surface area contributed by atoms with Gasteiger partial charge in [0.05, 0.1) is 5.92 Å². The van der Waals surface area contributed by atoms with Gasteiger partial charge in [-0.05, 0) is 23.3 Å². The largest absolute Gasteiger partial charge is 0.302 e. The first-order valence-electron chi connectivity index (χ1n) is 5.98. The Labute approximate surface area is 120 Å². The summed E-state index contributed by atoms with van der Waals surface area (Å²) in [5, 5.41) is 0. The van der Waals surface area contributed by atoms with Crippen LogP contribution in [0.4, 0.5) is 0 Å². The topological polar surface area (TPSA) is 34.1 Å². The van der Waals surface area contributed by atoms with Crippen LogP contribution in [0.15, 0.2) is 59.1 Å². The Morgan fingerprint density at radius 3 is 2.26 bits per heavy atom. The average molecular weight is 317 g/mol. The van der Waals surface area contributed by atoms with Gasteiger partial charge in [0.1, 0.15) is 6.29 Å². The predicted molar refractivity (Wildman–Crippen MR) is 78.1 cm³/mol. The molecule has 0 radical (unpaired) electrons. The highest BCUT2D eigenvalue weighted by Crippen LogP contribution is 2.19. The molecule has 0 N–H and O–H groups in total. The second kappa shape index (κ2) is 6.43. The SMILES string of the molecule is O=CC(C(=O)Cc1ccccc1)c1ccc(Br)cc1. The molecule has 3 heteroatoms. The zero-order valence-electron chi connectivity index (χ0n) is 10.3. The summed E-state index contributed by atoms with van der Waals surface area (Å²) in [5.41, 5.74) is 1.66. The zero-order chi connectivity index (χ0) is 13.7. The molecular formula is C16H13BrO2. The number of halogens is 1. The van der Waals surface area contributed by atoms with E-state index in [1.54, 1.807) is 12.1 Å². The van der Waals surface area contributed by atoms with Gasteiger partial charge in [-0.2, -0.15) is 0 Å². The number of ketones is 1. The number of Topliss-reactive ketones (excluding diaryl/α,β-unsaturated/α-hetero) is 1. The minimum absolute atomic E-state index is 0.0801. The average Bonchev–Trinajstić information content (AvgIpc) is 2.43. The minimum Gasteiger partial charge on any atom is -0.302 e. The fourth-order valence-electron chi connectivity index (χ4n) is 1.92. The molecule has 0 bridgehead atoms. The van der Waals surface area contributed by atoms with Crippen molar-refractivity contribution in [3.05, 3.63) is 70.2 Å². The highest BCUT2D eigenvalue weighted by atomic mass is 79.9. The number of hydrogen-bond donors (Lipinski definition) is 0. The van der Waals surface area contributed by atoms with Gasteiger partial charge in [0.2, 0.25) is 0 Å². The third kappa shape index (κ3) is 3.61. The van der Waals surface area contributed by atoms with E-state index in [0.29, 0.717) is 6.29 Å². The fraction of sp³-hybridized carbons (Fsp3) is 0.125. The molecule has 0 amide bonds. The summed E-state index contributed by atoms with van der Waals surface area (Å²) in [6.07, 6.45) is 0.995. The maximum Gasteiger partial charge on any atom is 0.151 e. The molecule has 2 aromatic rings. The van der Waals surface area contributed by atoms with Crippen LogP contribution in [-0.2, 0) is 16.0 Å². The first kappa shape index (κ1) is 13.7. The number of carbonyl (C=O) groups is 2. The van der Waals surface area contributed by atoms with Crippen LogP contribution in [0, 0.1) is 0 Å². The molecule has 1 unspecified atom stereocenters. The van der Waals surface area contributed by atoms with E-state index in [1.165, 1.54) is 0 Å². The van der Waals surface area contributed by atoms with Crippen molar-refractivity contribution in [1.82, 2.24) is 0 Å². The Morgan fingerprint density at radius 2 is 1.68 bits per heavy atom. The van der Waals surface area contributed by atoms with Crippen LogP contribution < -0.4 is 0 Å². The normalized spacial score (nSPS) is 11.8. The predicted octanol–water partition coefficient (Wildman–Crippen LogP) is 3.54. The summed E-state index contributed by atoms with van der Waals surface area (Å²) in [6, 6.07) is 16.7. The van der Waals surface area contributed by atoms with E-state index in [2.05, 4.69) is 15.9 Å². The fourth-order valence-corrected chi connectivity index (χ4v) is 2.18. The maximum absolute atomic E-state index is 12.2. The molecule has 96 valence electrons. The number of benzene rings is 2. The number of rotatable bonds is 5. The van der Waals surface area contributed by atoms with E-state index in [-0.39, 0.29) is 12.2 Å². The Balaban J connectivity index is 2.16. The van der Waals surface area contributed by atoms with E-state index in [0.717, 1.165) is 15.6 Å². The molecule has 2 nitrogen and oxygen atoms in total. The van der Waals surface area contributed by atoms with Crippen LogP contribution >= 0.6 is 15.9 Å². The van der Waals surface area contributed by atoms with Crippen molar-refractivity contribution in [2.75, 3.05) is 0 Å². The van der Waals surface area contributed by atoms with Gasteiger partial charge in [0, 0.05) is 10.9 Å². The van der Waals surface area contributed by atoms with Crippen LogP contribution in [0.2, 0.25) is 0 Å². The maximum atomic E-state index is 12.2. The van der Waals surface area contributed by atoms with Gasteiger partial charge in [-0.15, -0.1) is 0 Å². The Kier molecular flexibility index (Phi) is 4.63. The molecular weight excluding hydrogens is 304 g/mol. The molecule has 2 aromatic carbocycles. The second-order valence-electron chi connectivity index (χ2n) is 4.29. The summed E-state index contributed by atoms with van der Waals surface area (Å²) in [7, 11) is 0. The number of hydrogen-bond acceptors (Lipinski definition) is 2. The number of carbonyl (C=O) groups excluding carboxylic acids is 2. The van der Waals surface area contributed by atoms with Gasteiger partial charge in [-0.3, -0.25) is 4.79 Å². The molecule has 2 rings (SSSR count). The molecule has 0 aliphatic heterocycles. The molecule has 1 atom stereocenters. The Morgan fingerprint density at radius 1 is 1.05 bits per heavy atom. The van der Waals surface area contributed by atoms with Gasteiger partial charge < -0.3 is 4.79 Å². The second-order valence-corrected chi connectivity index (χ2v) is 5.21. The molecule has 0 heterocycles. The molecule has 19 heavy (non-hydrogen) atoms. The van der Waals surface area contributed by atoms with Crippen LogP contribution in [0.5, 0.6) is 0 Å². The molecule has 0 aliphatic carbocycles. The monoisotopic (exact) mass is 316 g/mol. The molecule has 0 saturated carbocycles. The highest BCUT2D eigenvalue weighted by molar-refractivity contribution is 9.10. The van der Waals surface area contributed by atoms with Crippen molar-refractivity contribution in [3.63, 3.8) is 0 Å². The molecule has 0 spiro atoms. The van der Waals surface area contributed by atoms with Crippen LogP contribution in [0.25, 0.3) is 0 Å². The van der Waals surface area contributed by atoms with Gasteiger partial charge in [-0.1, -0.05) is 58.4 Å². The van der Waals surface area contributed by atoms with Crippen molar-refractivity contribution in [1.29, 1.82) is 0 Å². The van der Waals surface area contributed by atoms with Crippen LogP contribution in [0.1, 0.15) is 17.0 Å². The lowest BCUT2D eigenvalue weighted by atomic mass is 9.92. The van der Waals surface area contributed by atoms with Crippen molar-refractivity contribution in [2.45, 2.75) is 12.3 Å². The van der Waals surface area contributed by atoms with Crippen molar-refractivity contribution in [3.8, 4) is 0 Å². The lowest BCUT2D eigenvalue weighted by Crippen LogP contribution is -2.16. The van der Waals surface area contributed by atoms with E-state index in [1.807, 2.05) is 42.5 Å². The molecule has 0 aliphatic rings. The standard InChI is InChI=1S/C16H13BrO2/c17-14-8-6-13(7-9-14)15(11-18)16(19)10-12-4-2-1-3-5-12/h1-9,11,15H,10H2. The van der Waals surface area contributed by atoms with Gasteiger partial charge in [0.25, 0.3) is 0 Å². The van der Waals surface area contributed by atoms with Crippen LogP contribution in [0.3, 0.4) is 0 Å². The zero-order valence-corrected chi connectivity index (χ0v) is 11.8. The summed E-state index contributed by atoms with van der Waals surface area (Å²) in [5.74, 6) is -0.767. The van der Waals surface area contributed by atoms with E-state index >= 15 is 0 Å². The Hall–Kier alpha value is -1.74. The third-order valence-corrected chi connectivity index (χ3v) is 3.46. The van der Waals surface area contributed by atoms with Crippen LogP contribution in [-0.4, -0.2) is 12.1 Å². The highest BCUT2D eigenvalue weighted by Gasteiger charge is 2.19. The van der Waals surface area contributed by atoms with Gasteiger partial charge in [-0.25, -0.2) is 0 Å². The van der Waals surface area contributed by atoms with Crippen molar-refractivity contribution < 1.29 is 9.59 Å². The van der Waals surface area contributed by atoms with E-state index in [9.17, 15) is 9.59 Å². The van der Waals surface area contributed by atoms with E-state index < -0.39 is 5.92 Å². The summed E-state index contributed by atoms with van der Waals surface area (Å²) in [6.45, 7) is 0. The lowest BCUT2D eigenvalue weighted by molar-refractivity contribution is -0.123.